The van der Waals surface area contributed by atoms with Gasteiger partial charge in [0, 0.05) is 24.5 Å². The van der Waals surface area contributed by atoms with Crippen molar-refractivity contribution in [1.29, 1.82) is 0 Å². The molecule has 2 aromatic carbocycles. The van der Waals surface area contributed by atoms with E-state index < -0.39 is 29.2 Å². The smallest absolute Gasteiger partial charge is 0.229 e. The molecule has 39 heavy (non-hydrogen) atoms. The minimum absolute atomic E-state index is 0.000878. The number of hydrogen-bond donors (Lipinski definition) is 2. The van der Waals surface area contributed by atoms with Gasteiger partial charge < -0.3 is 19.4 Å². The minimum atomic E-state index is -0.783. The molecule has 2 aliphatic carbocycles. The number of halogens is 1. The quantitative estimate of drug-likeness (QED) is 0.323. The highest BCUT2D eigenvalue weighted by Gasteiger charge is 2.42. The second-order valence-electron chi connectivity index (χ2n) is 8.97. The van der Waals surface area contributed by atoms with Gasteiger partial charge in [0.1, 0.15) is 11.5 Å². The van der Waals surface area contributed by atoms with Gasteiger partial charge in [0.15, 0.2) is 40.7 Å². The molecule has 1 unspecified atom stereocenters. The monoisotopic (exact) mass is 592 g/mol. The number of hydrogen-bond acceptors (Lipinski definition) is 10. The molecule has 196 valence electrons. The van der Waals surface area contributed by atoms with Crippen LogP contribution in [-0.4, -0.2) is 51.0 Å². The van der Waals surface area contributed by atoms with Crippen LogP contribution in [0.15, 0.2) is 56.6 Å². The second-order valence-corrected chi connectivity index (χ2v) is 9.83. The van der Waals surface area contributed by atoms with Crippen LogP contribution >= 0.6 is 15.9 Å². The predicted octanol–water partition coefficient (Wildman–Crippen LogP) is 4.13. The van der Waals surface area contributed by atoms with Crippen LogP contribution in [0.1, 0.15) is 83.6 Å². The van der Waals surface area contributed by atoms with Gasteiger partial charge in [-0.3, -0.25) is 28.8 Å². The summed E-state index contributed by atoms with van der Waals surface area (Å²) in [5.74, 6) is -3.35. The zero-order valence-electron chi connectivity index (χ0n) is 20.3. The topological polar surface area (TPSA) is 165 Å². The van der Waals surface area contributed by atoms with Crippen molar-refractivity contribution in [2.75, 3.05) is 0 Å². The fourth-order valence-corrected chi connectivity index (χ4v) is 4.86. The lowest BCUT2D eigenvalue weighted by atomic mass is 9.86. The van der Waals surface area contributed by atoms with Crippen molar-refractivity contribution in [1.82, 2.24) is 0 Å². The number of phenolic OH excluding ortho intramolecular Hbond substituents is 2. The molecule has 10 nitrogen and oxygen atoms in total. The lowest BCUT2D eigenvalue weighted by Gasteiger charge is -2.15. The maximum atomic E-state index is 12.4. The van der Waals surface area contributed by atoms with E-state index in [0.717, 1.165) is 0 Å². The molecule has 0 amide bonds. The fourth-order valence-electron chi connectivity index (χ4n) is 4.53. The third-order valence-corrected chi connectivity index (χ3v) is 7.14. The molecule has 3 aliphatic rings. The van der Waals surface area contributed by atoms with Crippen LogP contribution < -0.4 is 0 Å². The Kier molecular flexibility index (Phi) is 6.18. The molecule has 0 bridgehead atoms. The summed E-state index contributed by atoms with van der Waals surface area (Å²) in [6.45, 7) is 2.63. The van der Waals surface area contributed by atoms with Crippen molar-refractivity contribution < 1.29 is 48.1 Å². The van der Waals surface area contributed by atoms with Crippen LogP contribution in [-0.2, 0) is 9.53 Å². The summed E-state index contributed by atoms with van der Waals surface area (Å²) >= 11 is 3.10. The molecule has 0 spiro atoms. The number of benzene rings is 2. The number of carbonyl (C=O) groups excluding carboxylic acids is 6. The minimum Gasteiger partial charge on any atom is -0.507 e. The summed E-state index contributed by atoms with van der Waals surface area (Å²) < 4.78 is 10.8. The SMILES string of the molecule is CC(=O)C1CC2=C(O1)C(=O)c1cccc(O)c1C2=O.CC(=O)c1cc2c(o1)C(=O)c1ccc(Br)c(O)c1C2=O. The molecule has 0 saturated carbocycles. The van der Waals surface area contributed by atoms with Gasteiger partial charge in [-0.25, -0.2) is 0 Å². The van der Waals surface area contributed by atoms with E-state index in [1.165, 1.54) is 50.2 Å². The highest BCUT2D eigenvalue weighted by Crippen LogP contribution is 2.39. The number of aromatic hydroxyl groups is 2. The Morgan fingerprint density at radius 1 is 0.872 bits per heavy atom. The van der Waals surface area contributed by atoms with Crippen molar-refractivity contribution >= 4 is 50.6 Å². The number of fused-ring (bicyclic) bond motifs is 3. The molecule has 3 aromatic rings. The summed E-state index contributed by atoms with van der Waals surface area (Å²) in [6, 6.07) is 8.44. The zero-order chi connectivity index (χ0) is 28.3. The molecule has 1 aromatic heterocycles. The van der Waals surface area contributed by atoms with Crippen LogP contribution in [0.3, 0.4) is 0 Å². The molecular formula is C28H17BrO10. The summed E-state index contributed by atoms with van der Waals surface area (Å²) in [5, 5.41) is 19.7. The Morgan fingerprint density at radius 3 is 2.23 bits per heavy atom. The lowest BCUT2D eigenvalue weighted by Crippen LogP contribution is -2.20. The zero-order valence-corrected chi connectivity index (χ0v) is 21.9. The summed E-state index contributed by atoms with van der Waals surface area (Å²) in [4.78, 5) is 71.7. The Morgan fingerprint density at radius 2 is 1.56 bits per heavy atom. The molecule has 2 heterocycles. The first kappa shape index (κ1) is 26.0. The average molecular weight is 593 g/mol. The number of ether oxygens (including phenoxy) is 1. The van der Waals surface area contributed by atoms with Gasteiger partial charge in [-0.05, 0) is 53.2 Å². The molecule has 1 aliphatic heterocycles. The van der Waals surface area contributed by atoms with E-state index in [4.69, 9.17) is 9.15 Å². The third kappa shape index (κ3) is 4.02. The predicted molar refractivity (Wildman–Crippen MR) is 135 cm³/mol. The van der Waals surface area contributed by atoms with Crippen molar-refractivity contribution in [3.63, 3.8) is 0 Å². The van der Waals surface area contributed by atoms with Crippen LogP contribution in [0.4, 0.5) is 0 Å². The van der Waals surface area contributed by atoms with Crippen LogP contribution in [0.25, 0.3) is 0 Å². The van der Waals surface area contributed by atoms with E-state index in [-0.39, 0.29) is 80.2 Å². The maximum absolute atomic E-state index is 12.4. The van der Waals surface area contributed by atoms with Crippen molar-refractivity contribution in [2.45, 2.75) is 26.4 Å². The standard InChI is InChI=1S/C14H7BrO5.C14H10O5/c1-5(16)9-4-7-11(17)10-6(12(18)14(7)20-9)2-3-8(15)13(10)19;1-6(15)10-5-8-12(17)11-7(3-2-4-9(11)16)13(18)14(8)19-10/h2-4,19H,1H3;2-4,10,16H,5H2,1H3. The molecule has 0 fully saturated rings. The Balaban J connectivity index is 0.000000158. The Hall–Kier alpha value is -4.64. The van der Waals surface area contributed by atoms with Gasteiger partial charge in [-0.15, -0.1) is 0 Å². The van der Waals surface area contributed by atoms with E-state index >= 15 is 0 Å². The highest BCUT2D eigenvalue weighted by atomic mass is 79.9. The van der Waals surface area contributed by atoms with E-state index in [0.29, 0.717) is 4.47 Å². The molecule has 0 saturated heterocycles. The summed E-state index contributed by atoms with van der Waals surface area (Å²) in [7, 11) is 0. The van der Waals surface area contributed by atoms with E-state index in [9.17, 15) is 39.0 Å². The molecule has 1 atom stereocenters. The number of phenols is 2. The van der Waals surface area contributed by atoms with Gasteiger partial charge in [0.2, 0.25) is 17.3 Å². The van der Waals surface area contributed by atoms with E-state index in [1.54, 1.807) is 0 Å². The first-order valence-electron chi connectivity index (χ1n) is 11.5. The third-order valence-electron chi connectivity index (χ3n) is 6.50. The van der Waals surface area contributed by atoms with Crippen LogP contribution in [0.5, 0.6) is 11.5 Å². The molecule has 2 N–H and O–H groups in total. The molecule has 0 radical (unpaired) electrons. The maximum Gasteiger partial charge on any atom is 0.229 e. The second kappa shape index (κ2) is 9.28. The highest BCUT2D eigenvalue weighted by molar-refractivity contribution is 9.10. The van der Waals surface area contributed by atoms with Crippen molar-refractivity contribution in [3.05, 3.63) is 91.5 Å². The van der Waals surface area contributed by atoms with Crippen molar-refractivity contribution in [2.24, 2.45) is 0 Å². The fraction of sp³-hybridized carbons (Fsp3) is 0.143. The van der Waals surface area contributed by atoms with Gasteiger partial charge in [-0.2, -0.15) is 0 Å². The van der Waals surface area contributed by atoms with Crippen molar-refractivity contribution in [3.8, 4) is 11.5 Å². The first-order valence-corrected chi connectivity index (χ1v) is 12.3. The van der Waals surface area contributed by atoms with E-state index in [2.05, 4.69) is 15.9 Å². The average Bonchev–Trinajstić information content (AvgIpc) is 3.54. The largest absolute Gasteiger partial charge is 0.507 e. The van der Waals surface area contributed by atoms with Crippen LogP contribution in [0, 0.1) is 0 Å². The molecular weight excluding hydrogens is 576 g/mol. The first-order chi connectivity index (χ1) is 18.4. The Labute approximate surface area is 228 Å². The summed E-state index contributed by atoms with van der Waals surface area (Å²) in [6.07, 6.45) is -0.697. The van der Waals surface area contributed by atoms with Gasteiger partial charge in [0.05, 0.1) is 26.7 Å². The Bertz CT molecular complexity index is 1720. The van der Waals surface area contributed by atoms with Gasteiger partial charge in [0.25, 0.3) is 0 Å². The van der Waals surface area contributed by atoms with Gasteiger partial charge in [-0.1, -0.05) is 6.07 Å². The number of furan rings is 1. The number of rotatable bonds is 2. The summed E-state index contributed by atoms with van der Waals surface area (Å²) in [5.41, 5.74) is 0.285. The number of carbonyl (C=O) groups is 6. The number of Topliss-reactive ketones (excluding diaryl/α,β-unsaturated/α-hetero) is 4. The van der Waals surface area contributed by atoms with E-state index in [1.807, 2.05) is 0 Å². The molecule has 11 heteroatoms. The normalized spacial score (nSPS) is 16.9. The molecule has 6 rings (SSSR count). The van der Waals surface area contributed by atoms with Crippen LogP contribution in [0.2, 0.25) is 0 Å². The number of allylic oxidation sites excluding steroid dienone is 1. The van der Waals surface area contributed by atoms with Gasteiger partial charge >= 0.3 is 0 Å². The number of ketones is 6. The lowest BCUT2D eigenvalue weighted by molar-refractivity contribution is -0.124.